The Hall–Kier alpha value is -2.35. The number of aromatic nitrogens is 1. The van der Waals surface area contributed by atoms with Gasteiger partial charge in [-0.3, -0.25) is 9.59 Å². The number of thiazole rings is 1. The fraction of sp³-hybridized carbons (Fsp3) is 0.357. The molecule has 2 heterocycles. The fourth-order valence-corrected chi connectivity index (χ4v) is 2.98. The quantitative estimate of drug-likeness (QED) is 0.895. The number of fused-ring (bicyclic) bond motifs is 2. The van der Waals surface area contributed by atoms with E-state index in [0.29, 0.717) is 29.8 Å². The van der Waals surface area contributed by atoms with Crippen LogP contribution in [0.3, 0.4) is 0 Å². The van der Waals surface area contributed by atoms with Gasteiger partial charge in [0.25, 0.3) is 0 Å². The molecule has 0 saturated carbocycles. The zero-order chi connectivity index (χ0) is 15.7. The van der Waals surface area contributed by atoms with Gasteiger partial charge in [-0.15, -0.1) is 0 Å². The van der Waals surface area contributed by atoms with E-state index in [1.165, 1.54) is 18.3 Å². The molecule has 0 bridgehead atoms. The molecule has 22 heavy (non-hydrogen) atoms. The highest BCUT2D eigenvalue weighted by molar-refractivity contribution is 7.22. The van der Waals surface area contributed by atoms with E-state index in [-0.39, 0.29) is 11.8 Å². The van der Waals surface area contributed by atoms with E-state index in [4.69, 9.17) is 9.47 Å². The summed E-state index contributed by atoms with van der Waals surface area (Å²) >= 11 is 1.34. The molecule has 116 valence electrons. The topological polar surface area (TPSA) is 89.6 Å². The number of rotatable bonds is 3. The molecule has 0 spiro atoms. The van der Waals surface area contributed by atoms with Crippen LogP contribution in [0.4, 0.5) is 5.13 Å². The van der Waals surface area contributed by atoms with E-state index in [9.17, 15) is 9.59 Å². The Morgan fingerprint density at radius 1 is 1.27 bits per heavy atom. The third-order valence-corrected chi connectivity index (χ3v) is 4.03. The Balaban J connectivity index is 1.80. The molecule has 1 atom stereocenters. The minimum absolute atomic E-state index is 0.256. The number of amides is 2. The molecule has 0 fully saturated rings. The van der Waals surface area contributed by atoms with Crippen molar-refractivity contribution in [1.82, 2.24) is 10.3 Å². The molecule has 8 heteroatoms. The SMILES string of the molecule is CC(=O)N[C@@H](C)C(=O)Nc1nc2cc3c(cc2s1)OCCO3. The van der Waals surface area contributed by atoms with Crippen molar-refractivity contribution in [1.29, 1.82) is 0 Å². The number of carbonyl (C=O) groups is 2. The number of benzene rings is 1. The summed E-state index contributed by atoms with van der Waals surface area (Å²) in [5.74, 6) is 0.779. The molecule has 2 aromatic rings. The Bertz CT molecular complexity index is 700. The Labute approximate surface area is 130 Å². The maximum atomic E-state index is 12.0. The average Bonchev–Trinajstić information content (AvgIpc) is 2.84. The van der Waals surface area contributed by atoms with Gasteiger partial charge in [-0.25, -0.2) is 4.98 Å². The van der Waals surface area contributed by atoms with Gasteiger partial charge in [0.05, 0.1) is 10.2 Å². The number of anilines is 1. The number of carbonyl (C=O) groups excluding carboxylic acids is 2. The van der Waals surface area contributed by atoms with Crippen LogP contribution in [0.5, 0.6) is 11.5 Å². The van der Waals surface area contributed by atoms with E-state index in [0.717, 1.165) is 10.2 Å². The van der Waals surface area contributed by atoms with Crippen LogP contribution in [-0.2, 0) is 9.59 Å². The third kappa shape index (κ3) is 2.96. The van der Waals surface area contributed by atoms with E-state index in [1.807, 2.05) is 6.07 Å². The Morgan fingerprint density at radius 2 is 1.95 bits per heavy atom. The highest BCUT2D eigenvalue weighted by Crippen LogP contribution is 2.37. The lowest BCUT2D eigenvalue weighted by Crippen LogP contribution is -2.40. The zero-order valence-corrected chi connectivity index (χ0v) is 13.0. The van der Waals surface area contributed by atoms with E-state index in [2.05, 4.69) is 15.6 Å². The second-order valence-corrected chi connectivity index (χ2v) is 5.92. The Kier molecular flexibility index (Phi) is 3.84. The lowest BCUT2D eigenvalue weighted by Gasteiger charge is -2.17. The highest BCUT2D eigenvalue weighted by Gasteiger charge is 2.18. The van der Waals surface area contributed by atoms with Gasteiger partial charge in [-0.1, -0.05) is 11.3 Å². The smallest absolute Gasteiger partial charge is 0.248 e. The second-order valence-electron chi connectivity index (χ2n) is 4.89. The molecule has 0 unspecified atom stereocenters. The van der Waals surface area contributed by atoms with Crippen molar-refractivity contribution in [2.45, 2.75) is 19.9 Å². The molecule has 0 radical (unpaired) electrons. The minimum atomic E-state index is -0.621. The summed E-state index contributed by atoms with van der Waals surface area (Å²) in [7, 11) is 0. The van der Waals surface area contributed by atoms with Crippen LogP contribution in [0.15, 0.2) is 12.1 Å². The minimum Gasteiger partial charge on any atom is -0.486 e. The molecule has 7 nitrogen and oxygen atoms in total. The van der Waals surface area contributed by atoms with Crippen LogP contribution >= 0.6 is 11.3 Å². The van der Waals surface area contributed by atoms with Crippen molar-refractivity contribution >= 4 is 38.5 Å². The molecule has 3 rings (SSSR count). The van der Waals surface area contributed by atoms with Gasteiger partial charge >= 0.3 is 0 Å². The predicted octanol–water partition coefficient (Wildman–Crippen LogP) is 1.53. The van der Waals surface area contributed by atoms with Gasteiger partial charge in [-0.05, 0) is 6.92 Å². The molecule has 2 N–H and O–H groups in total. The average molecular weight is 321 g/mol. The molecule has 1 aromatic carbocycles. The zero-order valence-electron chi connectivity index (χ0n) is 12.1. The molecular formula is C14H15N3O4S. The maximum absolute atomic E-state index is 12.0. The van der Waals surface area contributed by atoms with Crippen molar-refractivity contribution in [3.63, 3.8) is 0 Å². The fourth-order valence-electron chi connectivity index (χ4n) is 2.10. The maximum Gasteiger partial charge on any atom is 0.248 e. The number of nitrogens with zero attached hydrogens (tertiary/aromatic N) is 1. The summed E-state index contributed by atoms with van der Waals surface area (Å²) in [4.78, 5) is 27.3. The van der Waals surface area contributed by atoms with E-state index < -0.39 is 6.04 Å². The van der Waals surface area contributed by atoms with Crippen LogP contribution in [0, 0.1) is 0 Å². The molecular weight excluding hydrogens is 306 g/mol. The standard InChI is InChI=1S/C14H15N3O4S/c1-7(15-8(2)18)13(19)17-14-16-9-5-10-11(6-12(9)22-14)21-4-3-20-10/h5-7H,3-4H2,1-2H3,(H,15,18)(H,16,17,19)/t7-/m0/s1. The summed E-state index contributed by atoms with van der Waals surface area (Å²) < 4.78 is 11.9. The highest BCUT2D eigenvalue weighted by atomic mass is 32.1. The first-order valence-electron chi connectivity index (χ1n) is 6.81. The van der Waals surface area contributed by atoms with Gasteiger partial charge < -0.3 is 20.1 Å². The summed E-state index contributed by atoms with van der Waals surface area (Å²) in [6.45, 7) is 4.02. The molecule has 2 amide bonds. The molecule has 0 saturated heterocycles. The first kappa shape index (κ1) is 14.6. The Morgan fingerprint density at radius 3 is 2.64 bits per heavy atom. The summed E-state index contributed by atoms with van der Waals surface area (Å²) in [5, 5.41) is 5.70. The number of nitrogens with one attached hydrogen (secondary N) is 2. The lowest BCUT2D eigenvalue weighted by molar-refractivity contribution is -0.124. The van der Waals surface area contributed by atoms with Crippen LogP contribution in [-0.4, -0.2) is 36.1 Å². The van der Waals surface area contributed by atoms with Crippen LogP contribution in [0.25, 0.3) is 10.2 Å². The van der Waals surface area contributed by atoms with E-state index in [1.54, 1.807) is 13.0 Å². The largest absolute Gasteiger partial charge is 0.486 e. The van der Waals surface area contributed by atoms with Gasteiger partial charge in [0.2, 0.25) is 11.8 Å². The number of hydrogen-bond acceptors (Lipinski definition) is 6. The monoisotopic (exact) mass is 321 g/mol. The van der Waals surface area contributed by atoms with Crippen LogP contribution < -0.4 is 20.1 Å². The molecule has 1 aromatic heterocycles. The first-order chi connectivity index (χ1) is 10.5. The van der Waals surface area contributed by atoms with Crippen molar-refractivity contribution in [2.24, 2.45) is 0 Å². The van der Waals surface area contributed by atoms with Crippen molar-refractivity contribution in [3.8, 4) is 11.5 Å². The lowest BCUT2D eigenvalue weighted by atomic mass is 10.3. The number of ether oxygens (including phenoxy) is 2. The summed E-state index contributed by atoms with van der Waals surface area (Å²) in [6.07, 6.45) is 0. The summed E-state index contributed by atoms with van der Waals surface area (Å²) in [5.41, 5.74) is 0.733. The number of hydrogen-bond donors (Lipinski definition) is 2. The normalized spacial score (nSPS) is 14.5. The molecule has 0 aliphatic carbocycles. The van der Waals surface area contributed by atoms with Crippen molar-refractivity contribution in [3.05, 3.63) is 12.1 Å². The van der Waals surface area contributed by atoms with Crippen LogP contribution in [0.1, 0.15) is 13.8 Å². The van der Waals surface area contributed by atoms with Crippen LogP contribution in [0.2, 0.25) is 0 Å². The van der Waals surface area contributed by atoms with E-state index >= 15 is 0 Å². The molecule has 1 aliphatic rings. The van der Waals surface area contributed by atoms with Gasteiger partial charge in [0, 0.05) is 19.1 Å². The van der Waals surface area contributed by atoms with Gasteiger partial charge in [0.15, 0.2) is 16.6 Å². The third-order valence-electron chi connectivity index (χ3n) is 3.10. The van der Waals surface area contributed by atoms with Crippen molar-refractivity contribution < 1.29 is 19.1 Å². The predicted molar refractivity (Wildman–Crippen MR) is 82.5 cm³/mol. The second kappa shape index (κ2) is 5.80. The summed E-state index contributed by atoms with van der Waals surface area (Å²) in [6, 6.07) is 3.03. The molecule has 1 aliphatic heterocycles. The van der Waals surface area contributed by atoms with Gasteiger partial charge in [-0.2, -0.15) is 0 Å². The van der Waals surface area contributed by atoms with Gasteiger partial charge in [0.1, 0.15) is 19.3 Å². The van der Waals surface area contributed by atoms with Crippen molar-refractivity contribution in [2.75, 3.05) is 18.5 Å². The first-order valence-corrected chi connectivity index (χ1v) is 7.63.